The second-order valence-electron chi connectivity index (χ2n) is 8.53. The Hall–Kier alpha value is -2.85. The molecular weight excluding hydrogens is 542 g/mol. The van der Waals surface area contributed by atoms with Crippen molar-refractivity contribution in [3.8, 4) is 0 Å². The van der Waals surface area contributed by atoms with Crippen LogP contribution in [0.2, 0.25) is 5.02 Å². The number of primary sulfonamides is 1. The van der Waals surface area contributed by atoms with Crippen LogP contribution in [0.3, 0.4) is 0 Å². The molecule has 38 heavy (non-hydrogen) atoms. The van der Waals surface area contributed by atoms with E-state index in [1.807, 2.05) is 19.1 Å². The van der Waals surface area contributed by atoms with Gasteiger partial charge in [0.05, 0.1) is 10.7 Å². The molecule has 208 valence electrons. The lowest BCUT2D eigenvalue weighted by atomic mass is 10.1. The van der Waals surface area contributed by atoms with Crippen molar-refractivity contribution in [1.29, 1.82) is 0 Å². The van der Waals surface area contributed by atoms with Gasteiger partial charge in [0.1, 0.15) is 0 Å². The molecule has 10 heteroatoms. The number of nitrogens with two attached hydrogens (primary N) is 2. The first-order chi connectivity index (χ1) is 17.9. The van der Waals surface area contributed by atoms with Crippen molar-refractivity contribution in [1.82, 2.24) is 0 Å². The molecule has 0 aromatic heterocycles. The summed E-state index contributed by atoms with van der Waals surface area (Å²) >= 11 is 5.75. The third kappa shape index (κ3) is 12.1. The first kappa shape index (κ1) is 33.2. The van der Waals surface area contributed by atoms with Crippen molar-refractivity contribution in [2.24, 2.45) is 5.14 Å². The number of sulfonamides is 1. The van der Waals surface area contributed by atoms with Crippen LogP contribution in [0.1, 0.15) is 43.4 Å². The molecule has 0 aliphatic heterocycles. The van der Waals surface area contributed by atoms with Crippen LogP contribution in [-0.4, -0.2) is 34.1 Å². The molecule has 3 rings (SSSR count). The Balaban J connectivity index is 0.000000310. The second-order valence-corrected chi connectivity index (χ2v) is 11.7. The third-order valence-corrected chi connectivity index (χ3v) is 8.48. The van der Waals surface area contributed by atoms with Crippen LogP contribution >= 0.6 is 11.6 Å². The summed E-state index contributed by atoms with van der Waals surface area (Å²) in [6.45, 7) is 10.1. The van der Waals surface area contributed by atoms with E-state index in [9.17, 15) is 16.8 Å². The molecule has 0 heterocycles. The lowest BCUT2D eigenvalue weighted by molar-refractivity contribution is 0.608. The van der Waals surface area contributed by atoms with Gasteiger partial charge in [0.25, 0.3) is 0 Å². The number of anilines is 2. The maximum Gasteiger partial charge on any atom is 0.249 e. The van der Waals surface area contributed by atoms with E-state index in [2.05, 4.69) is 78.5 Å². The number of nitrogen functional groups attached to an aromatic ring is 1. The van der Waals surface area contributed by atoms with Gasteiger partial charge in [0, 0.05) is 18.8 Å². The van der Waals surface area contributed by atoms with E-state index in [1.54, 1.807) is 13.0 Å². The predicted octanol–water partition coefficient (Wildman–Crippen LogP) is 5.38. The van der Waals surface area contributed by atoms with Crippen LogP contribution in [0.25, 0.3) is 0 Å². The van der Waals surface area contributed by atoms with Gasteiger partial charge in [-0.3, -0.25) is 0 Å². The molecule has 3 aromatic rings. The van der Waals surface area contributed by atoms with Gasteiger partial charge in [-0.1, -0.05) is 79.5 Å². The Morgan fingerprint density at radius 3 is 2.03 bits per heavy atom. The molecule has 0 spiro atoms. The Morgan fingerprint density at radius 2 is 1.58 bits per heavy atom. The summed E-state index contributed by atoms with van der Waals surface area (Å²) in [6, 6.07) is 25.0. The van der Waals surface area contributed by atoms with Crippen molar-refractivity contribution in [3.05, 3.63) is 94.5 Å². The molecule has 0 aliphatic rings. The van der Waals surface area contributed by atoms with E-state index in [0.29, 0.717) is 17.1 Å². The maximum atomic E-state index is 10.5. The second kappa shape index (κ2) is 16.9. The summed E-state index contributed by atoms with van der Waals surface area (Å²) < 4.78 is 40.9. The lowest BCUT2D eigenvalue weighted by Gasteiger charge is -2.23. The van der Waals surface area contributed by atoms with E-state index in [-0.39, 0.29) is 6.42 Å². The highest BCUT2D eigenvalue weighted by molar-refractivity contribution is 8.14. The van der Waals surface area contributed by atoms with E-state index in [4.69, 9.17) is 17.3 Å². The molecule has 0 saturated carbocycles. The summed E-state index contributed by atoms with van der Waals surface area (Å²) in [4.78, 5) is 2.43. The number of hydrogen-bond donors (Lipinski definition) is 2. The Morgan fingerprint density at radius 1 is 0.947 bits per heavy atom. The quantitative estimate of drug-likeness (QED) is 0.286. The van der Waals surface area contributed by atoms with Crippen molar-refractivity contribution >= 4 is 47.5 Å². The summed E-state index contributed by atoms with van der Waals surface area (Å²) in [7, 11) is -6.74. The monoisotopic (exact) mass is 579 g/mol. The van der Waals surface area contributed by atoms with Crippen molar-refractivity contribution in [3.63, 3.8) is 0 Å². The molecule has 0 aliphatic carbocycles. The first-order valence-electron chi connectivity index (χ1n) is 12.2. The van der Waals surface area contributed by atoms with E-state index >= 15 is 0 Å². The smallest absolute Gasteiger partial charge is 0.249 e. The molecule has 7 nitrogen and oxygen atoms in total. The highest BCUT2D eigenvalue weighted by atomic mass is 35.5. The van der Waals surface area contributed by atoms with Crippen LogP contribution < -0.4 is 15.8 Å². The van der Waals surface area contributed by atoms with E-state index in [1.165, 1.54) is 16.8 Å². The zero-order valence-corrected chi connectivity index (χ0v) is 24.8. The third-order valence-electron chi connectivity index (χ3n) is 5.44. The zero-order valence-electron chi connectivity index (χ0n) is 22.4. The maximum absolute atomic E-state index is 10.5. The lowest BCUT2D eigenvalue weighted by Crippen LogP contribution is -2.25. The number of hydrogen-bond acceptors (Lipinski definition) is 6. The van der Waals surface area contributed by atoms with Gasteiger partial charge in [-0.15, -0.1) is 0 Å². The molecule has 0 bridgehead atoms. The molecule has 0 amide bonds. The number of benzene rings is 3. The largest absolute Gasteiger partial charge is 0.398 e. The zero-order chi connectivity index (χ0) is 28.7. The van der Waals surface area contributed by atoms with Gasteiger partial charge in [-0.25, -0.2) is 13.6 Å². The Kier molecular flexibility index (Phi) is 14.7. The molecule has 0 fully saturated rings. The molecule has 0 unspecified atom stereocenters. The topological polar surface area (TPSA) is 124 Å². The summed E-state index contributed by atoms with van der Waals surface area (Å²) in [5.41, 5.74) is 11.2. The molecule has 0 radical (unpaired) electrons. The average Bonchev–Trinajstić information content (AvgIpc) is 2.87. The number of rotatable bonds is 7. The predicted molar refractivity (Wildman–Crippen MR) is 162 cm³/mol. The van der Waals surface area contributed by atoms with Gasteiger partial charge in [-0.05, 0) is 68.5 Å². The molecule has 0 atom stereocenters. The van der Waals surface area contributed by atoms with Gasteiger partial charge < -0.3 is 10.6 Å². The summed E-state index contributed by atoms with van der Waals surface area (Å²) in [6.07, 6.45) is 1.50. The van der Waals surface area contributed by atoms with Crippen molar-refractivity contribution in [2.45, 2.75) is 47.0 Å². The average molecular weight is 580 g/mol. The van der Waals surface area contributed by atoms with Gasteiger partial charge >= 0.3 is 0 Å². The van der Waals surface area contributed by atoms with E-state index in [0.717, 1.165) is 25.1 Å². The highest BCUT2D eigenvalue weighted by Crippen LogP contribution is 2.21. The first-order valence-corrected chi connectivity index (χ1v) is 15.2. The molecule has 0 saturated heterocycles. The fourth-order valence-electron chi connectivity index (χ4n) is 3.40. The Bertz CT molecular complexity index is 1370. The number of halogens is 1. The molecule has 3 aromatic carbocycles. The minimum Gasteiger partial charge on any atom is -0.398 e. The van der Waals surface area contributed by atoms with Gasteiger partial charge in [0.2, 0.25) is 20.3 Å². The molecular formula is C28H38ClN3O4S2. The standard InChI is InChI=1S/C17H21N.C7H8ClN.C4H9NO4S2/c1-3-18(17-11-7-8-15(2)14-17)13-12-16-9-5-4-6-10-16;1-5-3-2-4-6(9)7(5)8;1-2-3-4(10(6)7)11(5,8)9/h4-11,14H,3,12-13H2,1-2H3;2-4H,9H2,1H3;2-3H2,1H3,(H2,5,8,9). The van der Waals surface area contributed by atoms with Crippen LogP contribution in [0, 0.1) is 13.8 Å². The summed E-state index contributed by atoms with van der Waals surface area (Å²) in [5, 5.41) is 5.27. The molecule has 4 N–H and O–H groups in total. The van der Waals surface area contributed by atoms with Crippen LogP contribution in [0.4, 0.5) is 11.4 Å². The minimum absolute atomic E-state index is 0.0328. The van der Waals surface area contributed by atoms with Crippen LogP contribution in [0.5, 0.6) is 0 Å². The summed E-state index contributed by atoms with van der Waals surface area (Å²) in [5.74, 6) is 0. The van der Waals surface area contributed by atoms with Crippen molar-refractivity contribution < 1.29 is 16.8 Å². The normalized spacial score (nSPS) is 10.4. The van der Waals surface area contributed by atoms with Crippen molar-refractivity contribution in [2.75, 3.05) is 23.7 Å². The number of likely N-dealkylation sites (N-methyl/N-ethyl adjacent to an activating group) is 1. The fraction of sp³-hybridized carbons (Fsp3) is 0.321. The SMILES string of the molecule is CCCC(=S(=O)=O)S(N)(=O)=O.CCN(CCc1ccccc1)c1cccc(C)c1.Cc1cccc(N)c1Cl. The van der Waals surface area contributed by atoms with Gasteiger partial charge in [0.15, 0.2) is 4.20 Å². The van der Waals surface area contributed by atoms with Gasteiger partial charge in [-0.2, -0.15) is 8.42 Å². The van der Waals surface area contributed by atoms with Crippen LogP contribution in [0.15, 0.2) is 72.8 Å². The fourth-order valence-corrected chi connectivity index (χ4v) is 5.14. The Labute approximate surface area is 234 Å². The number of aryl methyl sites for hydroxylation is 2. The number of nitrogens with zero attached hydrogens (tertiary/aromatic N) is 1. The minimum atomic E-state index is -4.02. The van der Waals surface area contributed by atoms with Crippen LogP contribution in [-0.2, 0) is 26.7 Å². The van der Waals surface area contributed by atoms with E-state index < -0.39 is 24.5 Å². The highest BCUT2D eigenvalue weighted by Gasteiger charge is 2.14.